The molecule has 0 saturated carbocycles. The van der Waals surface area contributed by atoms with Crippen molar-refractivity contribution < 1.29 is 23.2 Å². The van der Waals surface area contributed by atoms with Gasteiger partial charge in [-0.3, -0.25) is 4.79 Å². The highest BCUT2D eigenvalue weighted by Gasteiger charge is 2.36. The first-order valence-electron chi connectivity index (χ1n) is 10.8. The minimum absolute atomic E-state index is 0.431. The lowest BCUT2D eigenvalue weighted by atomic mass is 10.1. The number of carbonyl (C=O) groups excluding carboxylic acids is 2. The van der Waals surface area contributed by atoms with Gasteiger partial charge in [-0.05, 0) is 55.6 Å². The first-order valence-corrected chi connectivity index (χ1v) is 11.7. The molecule has 0 spiro atoms. The molecule has 1 atom stereocenters. The second kappa shape index (κ2) is 9.18. The van der Waals surface area contributed by atoms with E-state index in [2.05, 4.69) is 15.7 Å². The van der Waals surface area contributed by atoms with Crippen LogP contribution >= 0.6 is 11.3 Å². The highest BCUT2D eigenvalue weighted by atomic mass is 32.1. The van der Waals surface area contributed by atoms with E-state index in [1.807, 2.05) is 25.3 Å². The molecule has 5 rings (SSSR count). The predicted molar refractivity (Wildman–Crippen MR) is 126 cm³/mol. The number of esters is 1. The summed E-state index contributed by atoms with van der Waals surface area (Å²) >= 11 is 1.67. The lowest BCUT2D eigenvalue weighted by Crippen LogP contribution is -2.31. The first-order chi connectivity index (χ1) is 16.5. The number of hydrogen-bond donors (Lipinski definition) is 0. The maximum absolute atomic E-state index is 13.0. The number of hydrazone groups is 1. The van der Waals surface area contributed by atoms with Gasteiger partial charge in [0.2, 0.25) is 0 Å². The number of rotatable bonds is 7. The van der Waals surface area contributed by atoms with Crippen molar-refractivity contribution in [1.29, 1.82) is 0 Å². The number of aryl methyl sites for hydroxylation is 1. The molecule has 0 N–H and O–H groups in total. The van der Waals surface area contributed by atoms with Crippen molar-refractivity contribution in [1.82, 2.24) is 9.58 Å². The van der Waals surface area contributed by atoms with Crippen LogP contribution in [0.4, 0.5) is 0 Å². The zero-order chi connectivity index (χ0) is 23.7. The van der Waals surface area contributed by atoms with Gasteiger partial charge in [0.1, 0.15) is 23.3 Å². The summed E-state index contributed by atoms with van der Waals surface area (Å²) in [5.41, 5.74) is 2.83. The molecule has 5 heterocycles. The summed E-state index contributed by atoms with van der Waals surface area (Å²) in [6, 6.07) is 12.5. The quantitative estimate of drug-likeness (QED) is 0.352. The Balaban J connectivity index is 1.30. The van der Waals surface area contributed by atoms with E-state index >= 15 is 0 Å². The molecule has 0 aromatic carbocycles. The molecule has 4 aromatic heterocycles. The van der Waals surface area contributed by atoms with Gasteiger partial charge in [0, 0.05) is 22.7 Å². The van der Waals surface area contributed by atoms with Crippen LogP contribution in [0.3, 0.4) is 0 Å². The van der Waals surface area contributed by atoms with E-state index in [9.17, 15) is 9.59 Å². The van der Waals surface area contributed by atoms with Crippen molar-refractivity contribution in [3.8, 4) is 0 Å². The average Bonchev–Trinajstić information content (AvgIpc) is 3.65. The third-order valence-electron chi connectivity index (χ3n) is 5.86. The molecule has 8 nitrogen and oxygen atoms in total. The second-order valence-corrected chi connectivity index (χ2v) is 9.06. The van der Waals surface area contributed by atoms with Gasteiger partial charge >= 0.3 is 5.97 Å². The van der Waals surface area contributed by atoms with Crippen LogP contribution in [0.2, 0.25) is 0 Å². The number of hydrogen-bond acceptors (Lipinski definition) is 7. The van der Waals surface area contributed by atoms with E-state index in [1.165, 1.54) is 9.89 Å². The van der Waals surface area contributed by atoms with Crippen LogP contribution in [-0.4, -0.2) is 33.8 Å². The number of carbonyl (C=O) groups is 2. The minimum atomic E-state index is -0.539. The Morgan fingerprint density at radius 2 is 1.97 bits per heavy atom. The van der Waals surface area contributed by atoms with Crippen LogP contribution in [0.25, 0.3) is 0 Å². The van der Waals surface area contributed by atoms with Gasteiger partial charge in [-0.15, -0.1) is 11.3 Å². The summed E-state index contributed by atoms with van der Waals surface area (Å²) in [5, 5.41) is 7.78. The van der Waals surface area contributed by atoms with Crippen molar-refractivity contribution in [2.75, 3.05) is 6.61 Å². The fourth-order valence-corrected chi connectivity index (χ4v) is 4.81. The fraction of sp³-hybridized carbons (Fsp3) is 0.240. The van der Waals surface area contributed by atoms with Crippen LogP contribution in [0.15, 0.2) is 74.3 Å². The molecule has 1 aliphatic rings. The Morgan fingerprint density at radius 1 is 1.15 bits per heavy atom. The zero-order valence-corrected chi connectivity index (χ0v) is 19.6. The number of aromatic nitrogens is 1. The molecule has 34 heavy (non-hydrogen) atoms. The van der Waals surface area contributed by atoms with Crippen molar-refractivity contribution >= 4 is 28.9 Å². The molecule has 0 aliphatic carbocycles. The Hall–Kier alpha value is -3.85. The highest BCUT2D eigenvalue weighted by Crippen LogP contribution is 2.33. The molecule has 0 fully saturated rings. The molecule has 4 aromatic rings. The molecule has 9 heteroatoms. The highest BCUT2D eigenvalue weighted by molar-refractivity contribution is 7.09. The van der Waals surface area contributed by atoms with E-state index in [-0.39, 0.29) is 0 Å². The Bertz CT molecular complexity index is 1320. The standard InChI is InChI=1S/C25H23N3O5S/c1-16-12-19(17(2)27(16)14-18-6-5-11-34-18)25(30)33-15-24(29)28-21(23-8-4-10-32-23)13-20(26-28)22-7-3-9-31-22/h3-12,21H,13-15H2,1-2H3. The van der Waals surface area contributed by atoms with E-state index < -0.39 is 24.5 Å². The van der Waals surface area contributed by atoms with E-state index in [1.54, 1.807) is 54.2 Å². The molecule has 0 bridgehead atoms. The predicted octanol–water partition coefficient (Wildman–Crippen LogP) is 4.94. The monoisotopic (exact) mass is 477 g/mol. The third-order valence-corrected chi connectivity index (χ3v) is 6.72. The smallest absolute Gasteiger partial charge is 0.340 e. The summed E-state index contributed by atoms with van der Waals surface area (Å²) in [7, 11) is 0. The molecule has 0 radical (unpaired) electrons. The van der Waals surface area contributed by atoms with Crippen molar-refractivity contribution in [3.05, 3.63) is 93.7 Å². The van der Waals surface area contributed by atoms with Gasteiger partial charge in [0.05, 0.1) is 24.6 Å². The van der Waals surface area contributed by atoms with Gasteiger partial charge in [0.15, 0.2) is 6.61 Å². The molecular weight excluding hydrogens is 454 g/mol. The van der Waals surface area contributed by atoms with Crippen LogP contribution in [0.5, 0.6) is 0 Å². The maximum atomic E-state index is 13.0. The van der Waals surface area contributed by atoms with Gasteiger partial charge in [-0.2, -0.15) is 5.10 Å². The Kier molecular flexibility index (Phi) is 5.93. The van der Waals surface area contributed by atoms with E-state index in [0.717, 1.165) is 11.4 Å². The number of thiophene rings is 1. The number of furan rings is 2. The van der Waals surface area contributed by atoms with Gasteiger partial charge < -0.3 is 18.1 Å². The third kappa shape index (κ3) is 4.22. The molecule has 1 amide bonds. The van der Waals surface area contributed by atoms with Crippen LogP contribution in [-0.2, 0) is 16.1 Å². The molecule has 1 aliphatic heterocycles. The zero-order valence-electron chi connectivity index (χ0n) is 18.8. The Labute approximate surface area is 200 Å². The summed E-state index contributed by atoms with van der Waals surface area (Å²) in [6.07, 6.45) is 3.54. The van der Waals surface area contributed by atoms with E-state index in [4.69, 9.17) is 13.6 Å². The van der Waals surface area contributed by atoms with Gasteiger partial charge in [-0.25, -0.2) is 9.80 Å². The summed E-state index contributed by atoms with van der Waals surface area (Å²) in [4.78, 5) is 27.1. The van der Waals surface area contributed by atoms with E-state index in [0.29, 0.717) is 35.8 Å². The topological polar surface area (TPSA) is 90.2 Å². The maximum Gasteiger partial charge on any atom is 0.340 e. The fourth-order valence-electron chi connectivity index (χ4n) is 4.12. The van der Waals surface area contributed by atoms with Gasteiger partial charge in [0.25, 0.3) is 5.91 Å². The van der Waals surface area contributed by atoms with Crippen molar-refractivity contribution in [3.63, 3.8) is 0 Å². The van der Waals surface area contributed by atoms with Crippen LogP contribution in [0.1, 0.15) is 50.6 Å². The second-order valence-electron chi connectivity index (χ2n) is 8.02. The normalized spacial score (nSPS) is 15.5. The SMILES string of the molecule is Cc1cc(C(=O)OCC(=O)N2N=C(c3ccco3)CC2c2ccco2)c(C)n1Cc1cccs1. The largest absolute Gasteiger partial charge is 0.467 e. The average molecular weight is 478 g/mol. The summed E-state index contributed by atoms with van der Waals surface area (Å²) in [5.74, 6) is 0.204. The molecular formula is C25H23N3O5S. The number of nitrogens with zero attached hydrogens (tertiary/aromatic N) is 3. The first kappa shape index (κ1) is 22.0. The summed E-state index contributed by atoms with van der Waals surface area (Å²) < 4.78 is 18.5. The summed E-state index contributed by atoms with van der Waals surface area (Å²) in [6.45, 7) is 4.09. The van der Waals surface area contributed by atoms with Crippen molar-refractivity contribution in [2.24, 2.45) is 5.10 Å². The molecule has 1 unspecified atom stereocenters. The minimum Gasteiger partial charge on any atom is -0.467 e. The number of ether oxygens (including phenoxy) is 1. The van der Waals surface area contributed by atoms with Crippen LogP contribution in [0, 0.1) is 13.8 Å². The van der Waals surface area contributed by atoms with Crippen molar-refractivity contribution in [2.45, 2.75) is 32.9 Å². The lowest BCUT2D eigenvalue weighted by molar-refractivity contribution is -0.136. The van der Waals surface area contributed by atoms with Crippen LogP contribution < -0.4 is 0 Å². The van der Waals surface area contributed by atoms with Gasteiger partial charge in [-0.1, -0.05) is 6.07 Å². The Morgan fingerprint density at radius 3 is 2.68 bits per heavy atom. The number of amides is 1. The molecule has 174 valence electrons. The lowest BCUT2D eigenvalue weighted by Gasteiger charge is -2.19. The molecule has 0 saturated heterocycles.